The van der Waals surface area contributed by atoms with Crippen LogP contribution in [-0.4, -0.2) is 33.4 Å². The van der Waals surface area contributed by atoms with Crippen molar-refractivity contribution in [3.05, 3.63) is 41.8 Å². The lowest BCUT2D eigenvalue weighted by Gasteiger charge is -2.10. The Labute approximate surface area is 150 Å². The number of nitrogens with zero attached hydrogens (tertiary/aromatic N) is 1. The Morgan fingerprint density at radius 2 is 1.56 bits per heavy atom. The maximum atomic E-state index is 5.51. The third-order valence-corrected chi connectivity index (χ3v) is 4.69. The zero-order valence-corrected chi connectivity index (χ0v) is 15.3. The first-order valence-electron chi connectivity index (χ1n) is 7.61. The molecule has 3 aromatic rings. The van der Waals surface area contributed by atoms with Crippen LogP contribution in [0.1, 0.15) is 0 Å². The Balaban J connectivity index is 2.01. The third kappa shape index (κ3) is 3.25. The average Bonchev–Trinajstić information content (AvgIpc) is 3.16. The van der Waals surface area contributed by atoms with Gasteiger partial charge >= 0.3 is 0 Å². The van der Waals surface area contributed by atoms with Crippen molar-refractivity contribution in [3.8, 4) is 44.8 Å². The second-order valence-corrected chi connectivity index (χ2v) is 6.01. The molecule has 1 aromatic heterocycles. The molecule has 0 radical (unpaired) electrons. The molecule has 0 spiro atoms. The van der Waals surface area contributed by atoms with E-state index in [0.29, 0.717) is 23.0 Å². The van der Waals surface area contributed by atoms with Gasteiger partial charge in [0.2, 0.25) is 0 Å². The van der Waals surface area contributed by atoms with E-state index in [-0.39, 0.29) is 0 Å². The molecular formula is C19H19NO4S. The smallest absolute Gasteiger partial charge is 0.170 e. The van der Waals surface area contributed by atoms with Gasteiger partial charge in [0.25, 0.3) is 0 Å². The molecule has 6 heteroatoms. The average molecular weight is 357 g/mol. The summed E-state index contributed by atoms with van der Waals surface area (Å²) in [5.41, 5.74) is 2.73. The quantitative estimate of drug-likeness (QED) is 0.649. The van der Waals surface area contributed by atoms with Gasteiger partial charge in [-0.3, -0.25) is 0 Å². The Kier molecular flexibility index (Phi) is 5.09. The van der Waals surface area contributed by atoms with Gasteiger partial charge in [-0.2, -0.15) is 0 Å². The fraction of sp³-hybridized carbons (Fsp3) is 0.211. The minimum absolute atomic E-state index is 0.675. The summed E-state index contributed by atoms with van der Waals surface area (Å²) in [5, 5.41) is 2.87. The van der Waals surface area contributed by atoms with Gasteiger partial charge in [0.15, 0.2) is 23.0 Å². The monoisotopic (exact) mass is 357 g/mol. The number of aromatic nitrogens is 1. The number of para-hydroxylation sites is 1. The molecule has 0 amide bonds. The van der Waals surface area contributed by atoms with Crippen LogP contribution in [0.3, 0.4) is 0 Å². The molecule has 5 nitrogen and oxygen atoms in total. The molecule has 0 saturated heterocycles. The normalized spacial score (nSPS) is 10.4. The number of hydrogen-bond acceptors (Lipinski definition) is 6. The first kappa shape index (κ1) is 17.1. The van der Waals surface area contributed by atoms with E-state index < -0.39 is 0 Å². The van der Waals surface area contributed by atoms with Gasteiger partial charge in [0, 0.05) is 10.9 Å². The maximum absolute atomic E-state index is 5.51. The van der Waals surface area contributed by atoms with Crippen LogP contribution in [0.2, 0.25) is 0 Å². The minimum atomic E-state index is 0.675. The number of ether oxygens (including phenoxy) is 4. The fourth-order valence-electron chi connectivity index (χ4n) is 2.58. The lowest BCUT2D eigenvalue weighted by molar-refractivity contribution is 0.355. The van der Waals surface area contributed by atoms with Crippen LogP contribution in [0.15, 0.2) is 41.8 Å². The van der Waals surface area contributed by atoms with Gasteiger partial charge in [-0.25, -0.2) is 4.98 Å². The summed E-state index contributed by atoms with van der Waals surface area (Å²) >= 11 is 1.55. The van der Waals surface area contributed by atoms with E-state index in [0.717, 1.165) is 21.8 Å². The number of benzene rings is 2. The predicted octanol–water partition coefficient (Wildman–Crippen LogP) is 4.51. The second-order valence-electron chi connectivity index (χ2n) is 5.15. The Bertz CT molecular complexity index is 876. The molecule has 0 aliphatic carbocycles. The van der Waals surface area contributed by atoms with E-state index >= 15 is 0 Å². The van der Waals surface area contributed by atoms with Crippen molar-refractivity contribution in [1.82, 2.24) is 4.98 Å². The van der Waals surface area contributed by atoms with Crippen molar-refractivity contribution in [2.75, 3.05) is 28.4 Å². The van der Waals surface area contributed by atoms with Crippen molar-refractivity contribution >= 4 is 11.3 Å². The highest BCUT2D eigenvalue weighted by atomic mass is 32.1. The van der Waals surface area contributed by atoms with Gasteiger partial charge in [-0.05, 0) is 30.3 Å². The van der Waals surface area contributed by atoms with Crippen molar-refractivity contribution in [3.63, 3.8) is 0 Å². The van der Waals surface area contributed by atoms with Crippen LogP contribution in [0.5, 0.6) is 23.0 Å². The molecule has 130 valence electrons. The fourth-order valence-corrected chi connectivity index (χ4v) is 3.43. The van der Waals surface area contributed by atoms with Crippen molar-refractivity contribution in [2.24, 2.45) is 0 Å². The van der Waals surface area contributed by atoms with Crippen LogP contribution in [0.4, 0.5) is 0 Å². The third-order valence-electron chi connectivity index (χ3n) is 3.82. The van der Waals surface area contributed by atoms with Crippen LogP contribution < -0.4 is 18.9 Å². The largest absolute Gasteiger partial charge is 0.493 e. The Hall–Kier alpha value is -2.73. The van der Waals surface area contributed by atoms with E-state index in [9.17, 15) is 0 Å². The molecule has 3 rings (SSSR count). The van der Waals surface area contributed by atoms with Crippen molar-refractivity contribution < 1.29 is 18.9 Å². The van der Waals surface area contributed by atoms with Crippen LogP contribution >= 0.6 is 11.3 Å². The van der Waals surface area contributed by atoms with E-state index in [1.165, 1.54) is 0 Å². The van der Waals surface area contributed by atoms with E-state index in [4.69, 9.17) is 23.9 Å². The summed E-state index contributed by atoms with van der Waals surface area (Å²) < 4.78 is 21.5. The molecule has 2 aromatic carbocycles. The molecule has 25 heavy (non-hydrogen) atoms. The highest BCUT2D eigenvalue weighted by Gasteiger charge is 2.16. The van der Waals surface area contributed by atoms with Gasteiger partial charge in [0.1, 0.15) is 5.01 Å². The molecule has 0 aliphatic rings. The Morgan fingerprint density at radius 3 is 2.24 bits per heavy atom. The SMILES string of the molecule is COc1ccc(-c2csc(-c3cccc(OC)c3OC)n2)cc1OC. The summed E-state index contributed by atoms with van der Waals surface area (Å²) in [5.74, 6) is 2.73. The van der Waals surface area contributed by atoms with Crippen LogP contribution in [0.25, 0.3) is 21.8 Å². The number of thiazole rings is 1. The van der Waals surface area contributed by atoms with Gasteiger partial charge in [-0.1, -0.05) is 6.07 Å². The number of hydrogen-bond donors (Lipinski definition) is 0. The highest BCUT2D eigenvalue weighted by molar-refractivity contribution is 7.13. The van der Waals surface area contributed by atoms with Gasteiger partial charge in [-0.15, -0.1) is 11.3 Å². The molecule has 0 unspecified atom stereocenters. The molecular weight excluding hydrogens is 338 g/mol. The zero-order chi connectivity index (χ0) is 17.8. The number of methoxy groups -OCH3 is 4. The van der Waals surface area contributed by atoms with Crippen LogP contribution in [-0.2, 0) is 0 Å². The van der Waals surface area contributed by atoms with Crippen LogP contribution in [0, 0.1) is 0 Å². The maximum Gasteiger partial charge on any atom is 0.170 e. The standard InChI is InChI=1S/C19H19NO4S/c1-21-15-9-8-12(10-17(15)23-3)14-11-25-19(20-14)13-6-5-7-16(22-2)18(13)24-4/h5-11H,1-4H3. The summed E-state index contributed by atoms with van der Waals surface area (Å²) in [6, 6.07) is 11.5. The van der Waals surface area contributed by atoms with Gasteiger partial charge < -0.3 is 18.9 Å². The van der Waals surface area contributed by atoms with E-state index in [2.05, 4.69) is 0 Å². The van der Waals surface area contributed by atoms with Gasteiger partial charge in [0.05, 0.1) is 39.7 Å². The first-order valence-corrected chi connectivity index (χ1v) is 8.49. The molecule has 1 heterocycles. The number of rotatable bonds is 6. The summed E-state index contributed by atoms with van der Waals surface area (Å²) in [4.78, 5) is 4.75. The molecule has 0 aliphatic heterocycles. The molecule has 0 N–H and O–H groups in total. The first-order chi connectivity index (χ1) is 12.2. The zero-order valence-electron chi connectivity index (χ0n) is 14.5. The minimum Gasteiger partial charge on any atom is -0.493 e. The van der Waals surface area contributed by atoms with Crippen molar-refractivity contribution in [1.29, 1.82) is 0 Å². The lowest BCUT2D eigenvalue weighted by Crippen LogP contribution is -1.93. The van der Waals surface area contributed by atoms with Crippen molar-refractivity contribution in [2.45, 2.75) is 0 Å². The predicted molar refractivity (Wildman–Crippen MR) is 99.2 cm³/mol. The second kappa shape index (κ2) is 7.44. The highest BCUT2D eigenvalue weighted by Crippen LogP contribution is 2.40. The summed E-state index contributed by atoms with van der Waals surface area (Å²) in [7, 11) is 6.49. The lowest BCUT2D eigenvalue weighted by atomic mass is 10.1. The molecule has 0 bridgehead atoms. The van der Waals surface area contributed by atoms with E-state index in [1.54, 1.807) is 39.8 Å². The van der Waals surface area contributed by atoms with E-state index in [1.807, 2.05) is 41.8 Å². The Morgan fingerprint density at radius 1 is 0.800 bits per heavy atom. The summed E-state index contributed by atoms with van der Waals surface area (Å²) in [6.07, 6.45) is 0. The molecule has 0 fully saturated rings. The topological polar surface area (TPSA) is 49.8 Å². The summed E-state index contributed by atoms with van der Waals surface area (Å²) in [6.45, 7) is 0. The molecule has 0 saturated carbocycles. The molecule has 0 atom stereocenters.